The highest BCUT2D eigenvalue weighted by Gasteiger charge is 2.57. The van der Waals surface area contributed by atoms with E-state index in [0.717, 1.165) is 63.5 Å². The van der Waals surface area contributed by atoms with Crippen LogP contribution in [0.25, 0.3) is 0 Å². The van der Waals surface area contributed by atoms with Crippen LogP contribution in [0.15, 0.2) is 77.9 Å². The van der Waals surface area contributed by atoms with Crippen molar-refractivity contribution in [2.45, 2.75) is 33.2 Å². The third-order valence-corrected chi connectivity index (χ3v) is 8.18. The van der Waals surface area contributed by atoms with E-state index in [2.05, 4.69) is 73.6 Å². The number of rotatable bonds is 7. The minimum atomic E-state index is -1.01. The van der Waals surface area contributed by atoms with Gasteiger partial charge in [-0.3, -0.25) is 4.79 Å². The Hall–Kier alpha value is -4.78. The lowest BCUT2D eigenvalue weighted by molar-refractivity contribution is 0.0675. The van der Waals surface area contributed by atoms with E-state index in [-0.39, 0.29) is 5.91 Å². The van der Waals surface area contributed by atoms with Crippen molar-refractivity contribution in [1.82, 2.24) is 5.01 Å². The summed E-state index contributed by atoms with van der Waals surface area (Å²) in [6, 6.07) is 24.4. The predicted molar refractivity (Wildman–Crippen MR) is 172 cm³/mol. The normalized spacial score (nSPS) is 14.4. The number of carbonyl (C=O) groups excluding carboxylic acids is 1. The zero-order chi connectivity index (χ0) is 29.6. The zero-order valence-electron chi connectivity index (χ0n) is 25.1. The lowest BCUT2D eigenvalue weighted by Gasteiger charge is -2.42. The Bertz CT molecular complexity index is 1650. The van der Waals surface area contributed by atoms with Crippen LogP contribution in [0.2, 0.25) is 0 Å². The van der Waals surface area contributed by atoms with Crippen LogP contribution in [0.3, 0.4) is 0 Å². The maximum absolute atomic E-state index is 14.3. The van der Waals surface area contributed by atoms with E-state index >= 15 is 0 Å². The first-order valence-electron chi connectivity index (χ1n) is 14.5. The number of fused-ring (bicyclic) bond motifs is 6. The molecule has 2 N–H and O–H groups in total. The topological polar surface area (TPSA) is 69.2 Å². The molecule has 4 aromatic rings. The van der Waals surface area contributed by atoms with Gasteiger partial charge in [-0.15, -0.1) is 0 Å². The van der Waals surface area contributed by atoms with Crippen LogP contribution in [-0.4, -0.2) is 44.3 Å². The molecule has 0 bridgehead atoms. The van der Waals surface area contributed by atoms with Crippen molar-refractivity contribution in [2.75, 3.05) is 42.7 Å². The average Bonchev–Trinajstić information content (AvgIpc) is 3.22. The Balaban J connectivity index is 1.63. The molecule has 0 unspecified atom stereocenters. The molecule has 1 spiro atoms. The van der Waals surface area contributed by atoms with E-state index in [1.54, 1.807) is 11.2 Å². The second kappa shape index (κ2) is 10.6. The van der Waals surface area contributed by atoms with E-state index in [0.29, 0.717) is 17.1 Å². The van der Waals surface area contributed by atoms with Crippen molar-refractivity contribution < 1.29 is 9.53 Å². The summed E-state index contributed by atoms with van der Waals surface area (Å²) in [5.41, 5.74) is 8.46. The van der Waals surface area contributed by atoms with Gasteiger partial charge in [0.05, 0.1) is 6.21 Å². The summed E-state index contributed by atoms with van der Waals surface area (Å²) in [4.78, 5) is 16.4. The summed E-state index contributed by atoms with van der Waals surface area (Å²) < 4.78 is 6.67. The van der Waals surface area contributed by atoms with Gasteiger partial charge in [0.1, 0.15) is 17.0 Å². The van der Waals surface area contributed by atoms with E-state index in [9.17, 15) is 4.79 Å². The Labute approximate surface area is 247 Å². The molecule has 4 aromatic carbocycles. The maximum atomic E-state index is 14.3. The zero-order valence-corrected chi connectivity index (χ0v) is 25.1. The van der Waals surface area contributed by atoms with Gasteiger partial charge >= 0.3 is 0 Å². The van der Waals surface area contributed by atoms with E-state index < -0.39 is 5.54 Å². The number of hydrogen-bond acceptors (Lipinski definition) is 6. The molecule has 42 heavy (non-hydrogen) atoms. The van der Waals surface area contributed by atoms with Gasteiger partial charge < -0.3 is 20.3 Å². The van der Waals surface area contributed by atoms with Crippen molar-refractivity contribution >= 4 is 29.2 Å². The molecule has 0 aromatic heterocycles. The van der Waals surface area contributed by atoms with E-state index in [4.69, 9.17) is 9.84 Å². The van der Waals surface area contributed by atoms with Gasteiger partial charge in [0, 0.05) is 78.6 Å². The fourth-order valence-electron chi connectivity index (χ4n) is 6.14. The average molecular weight is 560 g/mol. The molecule has 0 fully saturated rings. The Kier molecular flexibility index (Phi) is 6.89. The first kappa shape index (κ1) is 27.4. The number of hydrazone groups is 1. The summed E-state index contributed by atoms with van der Waals surface area (Å²) in [5, 5.41) is 13.6. The largest absolute Gasteiger partial charge is 0.456 e. The smallest absolute Gasteiger partial charge is 0.275 e. The SMILES string of the molecule is CCNc1cc2c(cc1C)C1(c3cc(C)c(NCC)cc3O2)c2ccccc2C(=O)N1/N=C/c1ccc(N(C)C)cc1. The molecule has 2 aliphatic rings. The highest BCUT2D eigenvalue weighted by Crippen LogP contribution is 2.58. The molecule has 2 heterocycles. The minimum Gasteiger partial charge on any atom is -0.456 e. The molecule has 214 valence electrons. The van der Waals surface area contributed by atoms with Gasteiger partial charge in [-0.05, 0) is 74.7 Å². The first-order chi connectivity index (χ1) is 20.3. The molecule has 0 aliphatic carbocycles. The molecule has 0 radical (unpaired) electrons. The lowest BCUT2D eigenvalue weighted by atomic mass is 9.74. The monoisotopic (exact) mass is 559 g/mol. The molecule has 7 heteroatoms. The van der Waals surface area contributed by atoms with Crippen molar-refractivity contribution in [3.05, 3.63) is 112 Å². The maximum Gasteiger partial charge on any atom is 0.275 e. The van der Waals surface area contributed by atoms with Crippen LogP contribution in [0.5, 0.6) is 11.5 Å². The second-order valence-electron chi connectivity index (χ2n) is 11.1. The third kappa shape index (κ3) is 4.19. The van der Waals surface area contributed by atoms with E-state index in [1.807, 2.05) is 56.6 Å². The van der Waals surface area contributed by atoms with Crippen LogP contribution in [0, 0.1) is 13.8 Å². The fourth-order valence-corrected chi connectivity index (χ4v) is 6.14. The number of aryl methyl sites for hydroxylation is 2. The van der Waals surface area contributed by atoms with E-state index in [1.165, 1.54) is 0 Å². The molecule has 0 saturated heterocycles. The molecule has 7 nitrogen and oxygen atoms in total. The third-order valence-electron chi connectivity index (χ3n) is 8.18. The first-order valence-corrected chi connectivity index (χ1v) is 14.5. The van der Waals surface area contributed by atoms with Crippen LogP contribution in [-0.2, 0) is 5.54 Å². The van der Waals surface area contributed by atoms with Crippen molar-refractivity contribution in [3.63, 3.8) is 0 Å². The highest BCUT2D eigenvalue weighted by molar-refractivity contribution is 6.03. The minimum absolute atomic E-state index is 0.146. The number of ether oxygens (including phenoxy) is 1. The Morgan fingerprint density at radius 3 is 1.95 bits per heavy atom. The van der Waals surface area contributed by atoms with Gasteiger partial charge in [0.2, 0.25) is 0 Å². The van der Waals surface area contributed by atoms with Crippen molar-refractivity contribution in [2.24, 2.45) is 5.10 Å². The van der Waals surface area contributed by atoms with Crippen LogP contribution < -0.4 is 20.3 Å². The molecule has 1 amide bonds. The predicted octanol–water partition coefficient (Wildman–Crippen LogP) is 7.12. The number of benzene rings is 4. The summed E-state index contributed by atoms with van der Waals surface area (Å²) in [6.07, 6.45) is 1.78. The van der Waals surface area contributed by atoms with Gasteiger partial charge in [-0.25, -0.2) is 5.01 Å². The van der Waals surface area contributed by atoms with Gasteiger partial charge in [-0.1, -0.05) is 30.3 Å². The van der Waals surface area contributed by atoms with Crippen LogP contribution >= 0.6 is 0 Å². The number of carbonyl (C=O) groups is 1. The molecule has 0 saturated carbocycles. The van der Waals surface area contributed by atoms with Gasteiger partial charge in [-0.2, -0.15) is 5.10 Å². The molecule has 0 atom stereocenters. The molecule has 2 aliphatic heterocycles. The van der Waals surface area contributed by atoms with Crippen LogP contribution in [0.1, 0.15) is 57.6 Å². The number of nitrogens with zero attached hydrogens (tertiary/aromatic N) is 3. The van der Waals surface area contributed by atoms with Gasteiger partial charge in [0.25, 0.3) is 5.91 Å². The van der Waals surface area contributed by atoms with Crippen LogP contribution in [0.4, 0.5) is 17.1 Å². The number of anilines is 3. The highest BCUT2D eigenvalue weighted by atomic mass is 16.5. The number of nitrogens with one attached hydrogen (secondary N) is 2. The summed E-state index contributed by atoms with van der Waals surface area (Å²) in [7, 11) is 4.03. The van der Waals surface area contributed by atoms with Crippen molar-refractivity contribution in [3.8, 4) is 11.5 Å². The summed E-state index contributed by atoms with van der Waals surface area (Å²) in [5.74, 6) is 1.26. The summed E-state index contributed by atoms with van der Waals surface area (Å²) in [6.45, 7) is 9.91. The quantitative estimate of drug-likeness (QED) is 0.236. The number of hydrogen-bond donors (Lipinski definition) is 2. The fraction of sp³-hybridized carbons (Fsp3) is 0.257. The molecule has 6 rings (SSSR count). The molecular weight excluding hydrogens is 522 g/mol. The van der Waals surface area contributed by atoms with Gasteiger partial charge in [0.15, 0.2) is 0 Å². The Morgan fingerprint density at radius 1 is 0.833 bits per heavy atom. The number of amides is 1. The second-order valence-corrected chi connectivity index (χ2v) is 11.1. The standard InChI is InChI=1S/C35H37N5O2/c1-7-36-30-19-32-28(17-22(30)3)35(29-18-23(4)31(37-8-2)20-33(29)42-32)27-12-10-9-11-26(27)34(41)40(35)38-21-24-13-15-25(16-14-24)39(5)6/h9-21,36-37H,7-8H2,1-6H3/b38-21+. The lowest BCUT2D eigenvalue weighted by Crippen LogP contribution is -2.44. The Morgan fingerprint density at radius 2 is 1.40 bits per heavy atom. The summed E-state index contributed by atoms with van der Waals surface area (Å²) >= 11 is 0. The van der Waals surface area contributed by atoms with Crippen molar-refractivity contribution in [1.29, 1.82) is 0 Å². The molecular formula is C35H37N5O2.